The van der Waals surface area contributed by atoms with Gasteiger partial charge in [-0.25, -0.2) is 0 Å². The topological polar surface area (TPSA) is 45.8 Å². The monoisotopic (exact) mass is 238 g/mol. The molecule has 3 heteroatoms. The van der Waals surface area contributed by atoms with Crippen LogP contribution >= 0.6 is 0 Å². The second-order valence-electron chi connectivity index (χ2n) is 4.48. The number of aromatic nitrogens is 2. The fourth-order valence-electron chi connectivity index (χ4n) is 2.46. The lowest BCUT2D eigenvalue weighted by atomic mass is 10.0. The second-order valence-corrected chi connectivity index (χ2v) is 4.48. The molecule has 0 aromatic carbocycles. The molecule has 0 atom stereocenters. The van der Waals surface area contributed by atoms with Gasteiger partial charge in [-0.1, -0.05) is 12.2 Å². The quantitative estimate of drug-likeness (QED) is 0.808. The molecule has 0 saturated carbocycles. The Morgan fingerprint density at radius 3 is 2.67 bits per heavy atom. The molecule has 0 bridgehead atoms. The Morgan fingerprint density at radius 1 is 1.22 bits per heavy atom. The van der Waals surface area contributed by atoms with Crippen LogP contribution in [0.1, 0.15) is 30.1 Å². The van der Waals surface area contributed by atoms with Gasteiger partial charge in [-0.2, -0.15) is 0 Å². The normalized spacial score (nSPS) is 13.4. The second kappa shape index (κ2) is 4.26. The lowest BCUT2D eigenvalue weighted by molar-refractivity contribution is 0.101. The highest BCUT2D eigenvalue weighted by molar-refractivity contribution is 6.00. The van der Waals surface area contributed by atoms with E-state index >= 15 is 0 Å². The minimum absolute atomic E-state index is 0.103. The minimum Gasteiger partial charge on any atom is -0.354 e. The van der Waals surface area contributed by atoms with Crippen LogP contribution in [0.4, 0.5) is 0 Å². The van der Waals surface area contributed by atoms with Gasteiger partial charge in [0.15, 0.2) is 5.78 Å². The molecule has 0 spiro atoms. The molecular weight excluding hydrogens is 224 g/mol. The first-order valence-corrected chi connectivity index (χ1v) is 6.11. The van der Waals surface area contributed by atoms with Gasteiger partial charge in [0.05, 0.1) is 11.3 Å². The van der Waals surface area contributed by atoms with Crippen LogP contribution in [0.2, 0.25) is 0 Å². The predicted molar refractivity (Wildman–Crippen MR) is 71.4 cm³/mol. The summed E-state index contributed by atoms with van der Waals surface area (Å²) in [6, 6.07) is 3.84. The highest BCUT2D eigenvalue weighted by Crippen LogP contribution is 2.18. The van der Waals surface area contributed by atoms with Crippen LogP contribution in [0.3, 0.4) is 0 Å². The molecule has 1 aliphatic carbocycles. The predicted octanol–water partition coefficient (Wildman–Crippen LogP) is 1.63. The van der Waals surface area contributed by atoms with Gasteiger partial charge in [-0.15, -0.1) is 0 Å². The Labute approximate surface area is 105 Å². The van der Waals surface area contributed by atoms with Gasteiger partial charge in [0.1, 0.15) is 0 Å². The summed E-state index contributed by atoms with van der Waals surface area (Å²) in [5.74, 6) is 0.103. The standard InChI is InChI=1S/C15H14N2O/c1-10(18)14-12-4-2-3-5-13(12)17-15(14)11-6-8-16-9-7-11/h4-9,17H,2-3H2,1H3. The highest BCUT2D eigenvalue weighted by Gasteiger charge is 2.15. The van der Waals surface area contributed by atoms with Crippen LogP contribution in [-0.4, -0.2) is 15.8 Å². The maximum absolute atomic E-state index is 11.9. The highest BCUT2D eigenvalue weighted by atomic mass is 16.1. The third-order valence-electron chi connectivity index (χ3n) is 3.25. The Bertz CT molecular complexity index is 711. The van der Waals surface area contributed by atoms with Crippen molar-refractivity contribution in [2.24, 2.45) is 0 Å². The summed E-state index contributed by atoms with van der Waals surface area (Å²) in [6.45, 7) is 1.62. The number of hydrogen-bond acceptors (Lipinski definition) is 2. The Kier molecular flexibility index (Phi) is 2.59. The lowest BCUT2D eigenvalue weighted by Gasteiger charge is -2.00. The maximum atomic E-state index is 11.9. The fourth-order valence-corrected chi connectivity index (χ4v) is 2.46. The Morgan fingerprint density at radius 2 is 1.94 bits per heavy atom. The lowest BCUT2D eigenvalue weighted by Crippen LogP contribution is -2.28. The van der Waals surface area contributed by atoms with Gasteiger partial charge < -0.3 is 4.98 Å². The third-order valence-corrected chi connectivity index (χ3v) is 3.25. The first kappa shape index (κ1) is 11.0. The number of fused-ring (bicyclic) bond motifs is 1. The SMILES string of the molecule is CC(=O)c1c(-c2ccncc2)[nH]c2c1=CCCC=2. The van der Waals surface area contributed by atoms with Crippen LogP contribution in [0.25, 0.3) is 23.4 Å². The van der Waals surface area contributed by atoms with Gasteiger partial charge in [-0.3, -0.25) is 9.78 Å². The van der Waals surface area contributed by atoms with Crippen molar-refractivity contribution in [2.45, 2.75) is 19.8 Å². The molecule has 2 aromatic rings. The number of ketones is 1. The molecule has 2 aromatic heterocycles. The molecule has 0 unspecified atom stereocenters. The summed E-state index contributed by atoms with van der Waals surface area (Å²) in [7, 11) is 0. The average molecular weight is 238 g/mol. The van der Waals surface area contributed by atoms with Crippen molar-refractivity contribution in [3.8, 4) is 11.3 Å². The number of carbonyl (C=O) groups is 1. The van der Waals surface area contributed by atoms with Crippen LogP contribution < -0.4 is 10.6 Å². The summed E-state index contributed by atoms with van der Waals surface area (Å²) in [5.41, 5.74) is 2.71. The largest absolute Gasteiger partial charge is 0.354 e. The number of hydrogen-bond donors (Lipinski definition) is 1. The third kappa shape index (κ3) is 1.68. The number of H-pyrrole nitrogens is 1. The number of aromatic amines is 1. The van der Waals surface area contributed by atoms with E-state index in [9.17, 15) is 4.79 Å². The maximum Gasteiger partial charge on any atom is 0.162 e. The van der Waals surface area contributed by atoms with E-state index in [1.54, 1.807) is 19.3 Å². The van der Waals surface area contributed by atoms with E-state index in [1.807, 2.05) is 12.1 Å². The number of carbonyl (C=O) groups excluding carboxylic acids is 1. The number of rotatable bonds is 2. The van der Waals surface area contributed by atoms with Crippen molar-refractivity contribution in [1.29, 1.82) is 0 Å². The summed E-state index contributed by atoms with van der Waals surface area (Å²) in [5, 5.41) is 2.12. The number of pyridine rings is 1. The van der Waals surface area contributed by atoms with Crippen molar-refractivity contribution >= 4 is 17.9 Å². The first-order valence-electron chi connectivity index (χ1n) is 6.11. The molecule has 1 N–H and O–H groups in total. The zero-order valence-electron chi connectivity index (χ0n) is 10.2. The Balaban J connectivity index is 2.35. The minimum atomic E-state index is 0.103. The van der Waals surface area contributed by atoms with E-state index in [-0.39, 0.29) is 5.78 Å². The van der Waals surface area contributed by atoms with Crippen molar-refractivity contribution in [3.05, 3.63) is 40.7 Å². The molecule has 0 aliphatic heterocycles. The molecule has 0 amide bonds. The molecule has 0 fully saturated rings. The zero-order chi connectivity index (χ0) is 12.5. The molecule has 3 nitrogen and oxygen atoms in total. The van der Waals surface area contributed by atoms with E-state index in [4.69, 9.17) is 0 Å². The van der Waals surface area contributed by atoms with Crippen molar-refractivity contribution in [1.82, 2.24) is 9.97 Å². The van der Waals surface area contributed by atoms with Crippen molar-refractivity contribution < 1.29 is 4.79 Å². The van der Waals surface area contributed by atoms with Crippen LogP contribution in [0, 0.1) is 0 Å². The number of Topliss-reactive ketones (excluding diaryl/α,β-unsaturated/α-hetero) is 1. The summed E-state index contributed by atoms with van der Waals surface area (Å²) < 4.78 is 0. The van der Waals surface area contributed by atoms with Gasteiger partial charge in [0.2, 0.25) is 0 Å². The van der Waals surface area contributed by atoms with Gasteiger partial charge in [0.25, 0.3) is 0 Å². The molecule has 3 rings (SSSR count). The molecule has 18 heavy (non-hydrogen) atoms. The Hall–Kier alpha value is -2.16. The van der Waals surface area contributed by atoms with Crippen LogP contribution in [0.5, 0.6) is 0 Å². The molecule has 2 heterocycles. The summed E-state index contributed by atoms with van der Waals surface area (Å²) >= 11 is 0. The van der Waals surface area contributed by atoms with Crippen LogP contribution in [-0.2, 0) is 0 Å². The van der Waals surface area contributed by atoms with Gasteiger partial charge in [0, 0.05) is 28.5 Å². The van der Waals surface area contributed by atoms with Gasteiger partial charge >= 0.3 is 0 Å². The summed E-state index contributed by atoms with van der Waals surface area (Å²) in [6.07, 6.45) is 9.82. The van der Waals surface area contributed by atoms with E-state index in [0.717, 1.165) is 40.2 Å². The van der Waals surface area contributed by atoms with Crippen molar-refractivity contribution in [2.75, 3.05) is 0 Å². The first-order chi connectivity index (χ1) is 8.77. The zero-order valence-corrected chi connectivity index (χ0v) is 10.2. The fraction of sp³-hybridized carbons (Fsp3) is 0.200. The van der Waals surface area contributed by atoms with E-state index in [1.165, 1.54) is 0 Å². The molecule has 1 aliphatic rings. The van der Waals surface area contributed by atoms with Crippen LogP contribution in [0.15, 0.2) is 24.5 Å². The smallest absolute Gasteiger partial charge is 0.162 e. The molecule has 0 radical (unpaired) electrons. The molecular formula is C15H14N2O. The van der Waals surface area contributed by atoms with Crippen molar-refractivity contribution in [3.63, 3.8) is 0 Å². The summed E-state index contributed by atoms with van der Waals surface area (Å²) in [4.78, 5) is 19.3. The molecule has 0 saturated heterocycles. The van der Waals surface area contributed by atoms with E-state index in [2.05, 4.69) is 22.1 Å². The van der Waals surface area contributed by atoms with Gasteiger partial charge in [-0.05, 0) is 31.9 Å². The molecule has 90 valence electrons. The average Bonchev–Trinajstić information content (AvgIpc) is 2.79. The van der Waals surface area contributed by atoms with E-state index < -0.39 is 0 Å². The number of nitrogens with one attached hydrogen (secondary N) is 1. The number of nitrogens with zero attached hydrogens (tertiary/aromatic N) is 1. The van der Waals surface area contributed by atoms with E-state index in [0.29, 0.717) is 0 Å².